The number of halogens is 2. The fourth-order valence-electron chi connectivity index (χ4n) is 2.98. The lowest BCUT2D eigenvalue weighted by molar-refractivity contribution is -0.189. The fourth-order valence-corrected chi connectivity index (χ4v) is 3.84. The van der Waals surface area contributed by atoms with Crippen molar-refractivity contribution in [2.75, 3.05) is 6.61 Å². The number of ether oxygens (including phenoxy) is 3. The van der Waals surface area contributed by atoms with E-state index in [2.05, 4.69) is 0 Å². The molecule has 2 aromatic rings. The van der Waals surface area contributed by atoms with Crippen molar-refractivity contribution in [1.82, 2.24) is 0 Å². The van der Waals surface area contributed by atoms with Gasteiger partial charge in [-0.3, -0.25) is 0 Å². The molecule has 0 aromatic heterocycles. The van der Waals surface area contributed by atoms with Crippen LogP contribution in [0.1, 0.15) is 20.7 Å². The van der Waals surface area contributed by atoms with Crippen LogP contribution in [0.15, 0.2) is 60.7 Å². The molecule has 3 rings (SSSR count). The molecule has 0 saturated carbocycles. The third-order valence-electron chi connectivity index (χ3n) is 4.42. The van der Waals surface area contributed by atoms with Crippen molar-refractivity contribution in [3.63, 3.8) is 0 Å². The van der Waals surface area contributed by atoms with Crippen molar-refractivity contribution in [3.8, 4) is 0 Å². The molecule has 166 valence electrons. The lowest BCUT2D eigenvalue weighted by atomic mass is 10.1. The van der Waals surface area contributed by atoms with Crippen LogP contribution in [0.2, 0.25) is 19.6 Å². The molecule has 0 bridgehead atoms. The van der Waals surface area contributed by atoms with E-state index in [-0.39, 0.29) is 11.1 Å². The highest BCUT2D eigenvalue weighted by atomic mass is 28.4. The van der Waals surface area contributed by atoms with Crippen LogP contribution in [0.25, 0.3) is 0 Å². The molecule has 0 spiro atoms. The standard InChI is InChI=1S/C22H24F2O6Si/c1-31(2,3)30-21-22(23,24)18(29-20(26)16-12-8-5-9-13-16)17(28-21)14-27-19(25)15-10-6-4-7-11-15/h4-13,17-18,21H,14H2,1-3H3/t17-,18-,21?/m1/s1. The predicted molar refractivity (Wildman–Crippen MR) is 110 cm³/mol. The van der Waals surface area contributed by atoms with Gasteiger partial charge in [-0.25, -0.2) is 9.59 Å². The highest BCUT2D eigenvalue weighted by Crippen LogP contribution is 2.40. The lowest BCUT2D eigenvalue weighted by Crippen LogP contribution is -2.47. The van der Waals surface area contributed by atoms with E-state index in [0.29, 0.717) is 0 Å². The molecule has 0 N–H and O–H groups in total. The molecule has 9 heteroatoms. The van der Waals surface area contributed by atoms with Crippen molar-refractivity contribution in [2.45, 2.75) is 44.1 Å². The van der Waals surface area contributed by atoms with Gasteiger partial charge in [0.05, 0.1) is 11.1 Å². The van der Waals surface area contributed by atoms with Crippen molar-refractivity contribution >= 4 is 20.3 Å². The first kappa shape index (κ1) is 23.0. The minimum atomic E-state index is -3.63. The second kappa shape index (κ2) is 9.25. The summed E-state index contributed by atoms with van der Waals surface area (Å²) in [4.78, 5) is 24.7. The molecular formula is C22H24F2O6Si. The lowest BCUT2D eigenvalue weighted by Gasteiger charge is -2.27. The van der Waals surface area contributed by atoms with Crippen LogP contribution in [0.5, 0.6) is 0 Å². The third-order valence-corrected chi connectivity index (χ3v) is 5.34. The number of alkyl halides is 2. The van der Waals surface area contributed by atoms with E-state index in [4.69, 9.17) is 18.6 Å². The van der Waals surface area contributed by atoms with Crippen molar-refractivity contribution in [1.29, 1.82) is 0 Å². The summed E-state index contributed by atoms with van der Waals surface area (Å²) < 4.78 is 51.5. The number of carbonyl (C=O) groups excluding carboxylic acids is 2. The average Bonchev–Trinajstić information content (AvgIpc) is 2.95. The molecule has 1 aliphatic heterocycles. The van der Waals surface area contributed by atoms with Crippen LogP contribution >= 0.6 is 0 Å². The van der Waals surface area contributed by atoms with Crippen molar-refractivity contribution in [2.24, 2.45) is 0 Å². The quantitative estimate of drug-likeness (QED) is 0.463. The van der Waals surface area contributed by atoms with Crippen LogP contribution in [0, 0.1) is 0 Å². The summed E-state index contributed by atoms with van der Waals surface area (Å²) in [6.07, 6.45) is -5.28. The summed E-state index contributed by atoms with van der Waals surface area (Å²) >= 11 is 0. The Morgan fingerprint density at radius 3 is 1.97 bits per heavy atom. The Kier molecular flexibility index (Phi) is 6.88. The second-order valence-corrected chi connectivity index (χ2v) is 12.5. The maximum atomic E-state index is 15.1. The Bertz CT molecular complexity index is 901. The second-order valence-electron chi connectivity index (χ2n) is 8.07. The van der Waals surface area contributed by atoms with E-state index < -0.39 is 51.3 Å². The first-order valence-electron chi connectivity index (χ1n) is 9.77. The zero-order valence-electron chi connectivity index (χ0n) is 17.4. The molecule has 31 heavy (non-hydrogen) atoms. The molecular weight excluding hydrogens is 426 g/mol. The number of rotatable bonds is 7. The van der Waals surface area contributed by atoms with E-state index in [9.17, 15) is 9.59 Å². The Morgan fingerprint density at radius 2 is 1.45 bits per heavy atom. The SMILES string of the molecule is C[Si](C)(C)OC1O[C@H](COC(=O)c2ccccc2)[C@@H](OC(=O)c2ccccc2)C1(F)F. The highest BCUT2D eigenvalue weighted by molar-refractivity contribution is 6.69. The number of hydrogen-bond acceptors (Lipinski definition) is 6. The van der Waals surface area contributed by atoms with Crippen molar-refractivity contribution in [3.05, 3.63) is 71.8 Å². The van der Waals surface area contributed by atoms with Gasteiger partial charge >= 0.3 is 17.9 Å². The van der Waals surface area contributed by atoms with Crippen LogP contribution in [-0.2, 0) is 18.6 Å². The van der Waals surface area contributed by atoms with E-state index in [1.54, 1.807) is 56.0 Å². The molecule has 1 heterocycles. The Labute approximate surface area is 180 Å². The average molecular weight is 451 g/mol. The van der Waals surface area contributed by atoms with Gasteiger partial charge in [0, 0.05) is 0 Å². The highest BCUT2D eigenvalue weighted by Gasteiger charge is 2.63. The normalized spacial score (nSPS) is 22.7. The molecule has 1 saturated heterocycles. The maximum absolute atomic E-state index is 15.1. The van der Waals surface area contributed by atoms with Gasteiger partial charge in [0.2, 0.25) is 6.29 Å². The summed E-state index contributed by atoms with van der Waals surface area (Å²) in [5, 5.41) is 0. The molecule has 0 amide bonds. The van der Waals surface area contributed by atoms with Crippen LogP contribution < -0.4 is 0 Å². The van der Waals surface area contributed by atoms with Crippen LogP contribution in [0.3, 0.4) is 0 Å². The van der Waals surface area contributed by atoms with E-state index in [0.717, 1.165) is 0 Å². The number of esters is 2. The van der Waals surface area contributed by atoms with Crippen LogP contribution in [0.4, 0.5) is 8.78 Å². The summed E-state index contributed by atoms with van der Waals surface area (Å²) in [5.41, 5.74) is 0.382. The van der Waals surface area contributed by atoms with Crippen molar-refractivity contribution < 1.29 is 37.0 Å². The first-order chi connectivity index (χ1) is 14.6. The van der Waals surface area contributed by atoms with Crippen LogP contribution in [-0.4, -0.2) is 51.3 Å². The molecule has 1 aliphatic rings. The van der Waals surface area contributed by atoms with Gasteiger partial charge in [0.15, 0.2) is 14.4 Å². The molecule has 0 aliphatic carbocycles. The van der Waals surface area contributed by atoms with Gasteiger partial charge < -0.3 is 18.6 Å². The number of carbonyl (C=O) groups is 2. The zero-order chi connectivity index (χ0) is 22.6. The summed E-state index contributed by atoms with van der Waals surface area (Å²) in [6.45, 7) is 4.68. The topological polar surface area (TPSA) is 71.1 Å². The first-order valence-corrected chi connectivity index (χ1v) is 13.2. The fraction of sp³-hybridized carbons (Fsp3) is 0.364. The largest absolute Gasteiger partial charge is 0.459 e. The van der Waals surface area contributed by atoms with Gasteiger partial charge in [-0.05, 0) is 43.9 Å². The van der Waals surface area contributed by atoms with Gasteiger partial charge in [0.25, 0.3) is 0 Å². The van der Waals surface area contributed by atoms with E-state index in [1.165, 1.54) is 24.3 Å². The third kappa shape index (κ3) is 5.75. The molecule has 3 atom stereocenters. The number of hydrogen-bond donors (Lipinski definition) is 0. The van der Waals surface area contributed by atoms with Gasteiger partial charge in [0.1, 0.15) is 12.7 Å². The van der Waals surface area contributed by atoms with E-state index >= 15 is 8.78 Å². The molecule has 2 aromatic carbocycles. The molecule has 0 radical (unpaired) electrons. The summed E-state index contributed by atoms with van der Waals surface area (Å²) in [7, 11) is -2.42. The summed E-state index contributed by atoms with van der Waals surface area (Å²) in [6, 6.07) is 15.9. The minimum Gasteiger partial charge on any atom is -0.459 e. The molecule has 6 nitrogen and oxygen atoms in total. The molecule has 1 fully saturated rings. The Balaban J connectivity index is 1.78. The number of benzene rings is 2. The Morgan fingerprint density at radius 1 is 0.935 bits per heavy atom. The van der Waals surface area contributed by atoms with E-state index in [1.807, 2.05) is 0 Å². The molecule has 1 unspecified atom stereocenters. The maximum Gasteiger partial charge on any atom is 0.338 e. The Hall–Kier alpha value is -2.62. The van der Waals surface area contributed by atoms with Gasteiger partial charge in [-0.1, -0.05) is 36.4 Å². The predicted octanol–water partition coefficient (Wildman–Crippen LogP) is 4.28. The smallest absolute Gasteiger partial charge is 0.338 e. The summed E-state index contributed by atoms with van der Waals surface area (Å²) in [5.74, 6) is -5.26. The minimum absolute atomic E-state index is 0.118. The van der Waals surface area contributed by atoms with Gasteiger partial charge in [-0.2, -0.15) is 8.78 Å². The zero-order valence-corrected chi connectivity index (χ0v) is 18.4. The van der Waals surface area contributed by atoms with Gasteiger partial charge in [-0.15, -0.1) is 0 Å². The monoisotopic (exact) mass is 450 g/mol.